The highest BCUT2D eigenvalue weighted by molar-refractivity contribution is 5.81. The van der Waals surface area contributed by atoms with Gasteiger partial charge in [-0.1, -0.05) is 26.8 Å². The number of nitrogens with one attached hydrogen (secondary N) is 1. The predicted molar refractivity (Wildman–Crippen MR) is 80.3 cm³/mol. The van der Waals surface area contributed by atoms with Gasteiger partial charge in [0.2, 0.25) is 11.8 Å². The first kappa shape index (κ1) is 16.7. The fourth-order valence-electron chi connectivity index (χ4n) is 2.25. The van der Waals surface area contributed by atoms with Gasteiger partial charge in [0, 0.05) is 38.1 Å². The third-order valence-corrected chi connectivity index (χ3v) is 3.33. The Balaban J connectivity index is 2.45. The predicted octanol–water partition coefficient (Wildman–Crippen LogP) is 0.869. The highest BCUT2D eigenvalue weighted by atomic mass is 16.2. The van der Waals surface area contributed by atoms with E-state index in [1.165, 1.54) is 0 Å². The van der Waals surface area contributed by atoms with Gasteiger partial charge in [-0.15, -0.1) is 6.58 Å². The Bertz CT molecular complexity index is 361. The van der Waals surface area contributed by atoms with Crippen LogP contribution in [0.25, 0.3) is 0 Å². The molecule has 0 spiro atoms. The van der Waals surface area contributed by atoms with Crippen LogP contribution < -0.4 is 5.32 Å². The van der Waals surface area contributed by atoms with Crippen LogP contribution in [0.15, 0.2) is 12.7 Å². The number of carbonyl (C=O) groups is 2. The Kier molecular flexibility index (Phi) is 6.20. The summed E-state index contributed by atoms with van der Waals surface area (Å²) in [6.45, 7) is 13.4. The summed E-state index contributed by atoms with van der Waals surface area (Å²) in [6, 6.07) is 0. The van der Waals surface area contributed by atoms with Crippen LogP contribution >= 0.6 is 0 Å². The van der Waals surface area contributed by atoms with Crippen LogP contribution in [0.2, 0.25) is 0 Å². The third kappa shape index (κ3) is 5.33. The van der Waals surface area contributed by atoms with E-state index in [1.807, 2.05) is 25.7 Å². The fraction of sp³-hybridized carbons (Fsp3) is 0.733. The van der Waals surface area contributed by atoms with Gasteiger partial charge in [0.25, 0.3) is 0 Å². The molecule has 0 radical (unpaired) electrons. The SMILES string of the molecule is C=CCNC(=O)CN1CCCN(C(=O)C(C)(C)C)CC1. The van der Waals surface area contributed by atoms with Crippen LogP contribution in [0, 0.1) is 5.41 Å². The van der Waals surface area contributed by atoms with Crippen molar-refractivity contribution in [1.29, 1.82) is 0 Å². The summed E-state index contributed by atoms with van der Waals surface area (Å²) in [4.78, 5) is 28.0. The Morgan fingerprint density at radius 3 is 2.50 bits per heavy atom. The first-order valence-electron chi connectivity index (χ1n) is 7.24. The van der Waals surface area contributed by atoms with E-state index in [1.54, 1.807) is 6.08 Å². The molecule has 0 aliphatic carbocycles. The lowest BCUT2D eigenvalue weighted by Crippen LogP contribution is -2.42. The van der Waals surface area contributed by atoms with Crippen molar-refractivity contribution >= 4 is 11.8 Å². The summed E-state index contributed by atoms with van der Waals surface area (Å²) >= 11 is 0. The second-order valence-corrected chi connectivity index (χ2v) is 6.26. The molecule has 0 atom stereocenters. The summed E-state index contributed by atoms with van der Waals surface area (Å²) in [5.41, 5.74) is -0.337. The van der Waals surface area contributed by atoms with Gasteiger partial charge in [-0.2, -0.15) is 0 Å². The number of rotatable bonds is 4. The van der Waals surface area contributed by atoms with Gasteiger partial charge in [0.05, 0.1) is 6.54 Å². The Labute approximate surface area is 122 Å². The molecule has 0 aromatic carbocycles. The molecule has 0 saturated carbocycles. The molecule has 5 heteroatoms. The summed E-state index contributed by atoms with van der Waals surface area (Å²) in [6.07, 6.45) is 2.58. The van der Waals surface area contributed by atoms with Crippen molar-refractivity contribution in [3.63, 3.8) is 0 Å². The average molecular weight is 281 g/mol. The molecule has 1 N–H and O–H groups in total. The van der Waals surface area contributed by atoms with Crippen LogP contribution in [-0.4, -0.2) is 60.9 Å². The summed E-state index contributed by atoms with van der Waals surface area (Å²) in [7, 11) is 0. The number of amides is 2. The van der Waals surface area contributed by atoms with Crippen molar-refractivity contribution in [2.24, 2.45) is 5.41 Å². The number of carbonyl (C=O) groups excluding carboxylic acids is 2. The van der Waals surface area contributed by atoms with Crippen molar-refractivity contribution in [2.75, 3.05) is 39.3 Å². The van der Waals surface area contributed by atoms with Gasteiger partial charge in [-0.3, -0.25) is 14.5 Å². The molecule has 1 aliphatic heterocycles. The van der Waals surface area contributed by atoms with Crippen molar-refractivity contribution in [2.45, 2.75) is 27.2 Å². The van der Waals surface area contributed by atoms with Crippen LogP contribution in [0.5, 0.6) is 0 Å². The largest absolute Gasteiger partial charge is 0.352 e. The van der Waals surface area contributed by atoms with Gasteiger partial charge in [-0.05, 0) is 6.42 Å². The van der Waals surface area contributed by atoms with Gasteiger partial charge >= 0.3 is 0 Å². The molecule has 114 valence electrons. The lowest BCUT2D eigenvalue weighted by atomic mass is 9.94. The van der Waals surface area contributed by atoms with E-state index in [0.717, 1.165) is 26.1 Å². The monoisotopic (exact) mass is 281 g/mol. The van der Waals surface area contributed by atoms with Crippen LogP contribution in [0.1, 0.15) is 27.2 Å². The van der Waals surface area contributed by atoms with Crippen LogP contribution in [-0.2, 0) is 9.59 Å². The standard InChI is InChI=1S/C15H27N3O2/c1-5-7-16-13(19)12-17-8-6-9-18(11-10-17)14(20)15(2,3)4/h5H,1,6-12H2,2-4H3,(H,16,19). The van der Waals surface area contributed by atoms with Gasteiger partial charge < -0.3 is 10.2 Å². The summed E-state index contributed by atoms with van der Waals surface area (Å²) in [5.74, 6) is 0.205. The molecule has 5 nitrogen and oxygen atoms in total. The number of hydrogen-bond donors (Lipinski definition) is 1. The zero-order valence-corrected chi connectivity index (χ0v) is 12.9. The second kappa shape index (κ2) is 7.43. The van der Waals surface area contributed by atoms with Crippen LogP contribution in [0.4, 0.5) is 0 Å². The van der Waals surface area contributed by atoms with E-state index in [2.05, 4.69) is 16.8 Å². The van der Waals surface area contributed by atoms with Gasteiger partial charge in [-0.25, -0.2) is 0 Å². The molecule has 1 heterocycles. The molecule has 1 rings (SSSR count). The van der Waals surface area contributed by atoms with E-state index < -0.39 is 0 Å². The normalized spacial score (nSPS) is 17.4. The van der Waals surface area contributed by atoms with Crippen molar-refractivity contribution in [1.82, 2.24) is 15.1 Å². The lowest BCUT2D eigenvalue weighted by Gasteiger charge is -2.28. The van der Waals surface area contributed by atoms with E-state index in [0.29, 0.717) is 19.6 Å². The highest BCUT2D eigenvalue weighted by Crippen LogP contribution is 2.18. The minimum atomic E-state index is -0.337. The first-order valence-corrected chi connectivity index (χ1v) is 7.24. The molecule has 1 aliphatic rings. The maximum Gasteiger partial charge on any atom is 0.234 e. The fourth-order valence-corrected chi connectivity index (χ4v) is 2.25. The molecular formula is C15H27N3O2. The molecule has 0 unspecified atom stereocenters. The van der Waals surface area contributed by atoms with E-state index in [9.17, 15) is 9.59 Å². The Morgan fingerprint density at radius 1 is 1.20 bits per heavy atom. The minimum absolute atomic E-state index is 0.0143. The topological polar surface area (TPSA) is 52.7 Å². The third-order valence-electron chi connectivity index (χ3n) is 3.33. The maximum atomic E-state index is 12.3. The zero-order valence-electron chi connectivity index (χ0n) is 12.9. The average Bonchev–Trinajstić information content (AvgIpc) is 2.60. The molecule has 1 fully saturated rings. The zero-order chi connectivity index (χ0) is 15.2. The Hall–Kier alpha value is -1.36. The minimum Gasteiger partial charge on any atom is -0.352 e. The van der Waals surface area contributed by atoms with Crippen molar-refractivity contribution < 1.29 is 9.59 Å². The quantitative estimate of drug-likeness (QED) is 0.778. The molecule has 0 bridgehead atoms. The van der Waals surface area contributed by atoms with Crippen LogP contribution in [0.3, 0.4) is 0 Å². The molecule has 1 saturated heterocycles. The molecule has 2 amide bonds. The van der Waals surface area contributed by atoms with E-state index >= 15 is 0 Å². The molecule has 20 heavy (non-hydrogen) atoms. The van der Waals surface area contributed by atoms with Crippen molar-refractivity contribution in [3.8, 4) is 0 Å². The van der Waals surface area contributed by atoms with Gasteiger partial charge in [0.1, 0.15) is 0 Å². The van der Waals surface area contributed by atoms with E-state index in [-0.39, 0.29) is 17.2 Å². The summed E-state index contributed by atoms with van der Waals surface area (Å²) in [5, 5.41) is 2.78. The Morgan fingerprint density at radius 2 is 1.90 bits per heavy atom. The van der Waals surface area contributed by atoms with Crippen molar-refractivity contribution in [3.05, 3.63) is 12.7 Å². The molecule has 0 aromatic heterocycles. The molecule has 0 aromatic rings. The lowest BCUT2D eigenvalue weighted by molar-refractivity contribution is -0.139. The number of nitrogens with zero attached hydrogens (tertiary/aromatic N) is 2. The van der Waals surface area contributed by atoms with E-state index in [4.69, 9.17) is 0 Å². The number of hydrogen-bond acceptors (Lipinski definition) is 3. The first-order chi connectivity index (χ1) is 9.34. The maximum absolute atomic E-state index is 12.3. The highest BCUT2D eigenvalue weighted by Gasteiger charge is 2.28. The second-order valence-electron chi connectivity index (χ2n) is 6.26. The molecular weight excluding hydrogens is 254 g/mol. The summed E-state index contributed by atoms with van der Waals surface area (Å²) < 4.78 is 0. The smallest absolute Gasteiger partial charge is 0.234 e. The van der Waals surface area contributed by atoms with Gasteiger partial charge in [0.15, 0.2) is 0 Å².